The second-order valence-corrected chi connectivity index (χ2v) is 5.55. The quantitative estimate of drug-likeness (QED) is 0.541. The lowest BCUT2D eigenvalue weighted by Gasteiger charge is -2.36. The average Bonchev–Trinajstić information content (AvgIpc) is 2.20. The second-order valence-electron chi connectivity index (χ2n) is 5.55. The van der Waals surface area contributed by atoms with Gasteiger partial charge in [-0.15, -0.1) is 0 Å². The van der Waals surface area contributed by atoms with Crippen molar-refractivity contribution in [2.24, 2.45) is 17.8 Å². The van der Waals surface area contributed by atoms with Gasteiger partial charge in [-0.25, -0.2) is 4.79 Å². The summed E-state index contributed by atoms with van der Waals surface area (Å²) in [5, 5.41) is 0. The number of carbonyl (C=O) groups is 1. The highest BCUT2D eigenvalue weighted by atomic mass is 16.5. The molecule has 92 valence electrons. The van der Waals surface area contributed by atoms with E-state index < -0.39 is 0 Å². The molecule has 1 fully saturated rings. The van der Waals surface area contributed by atoms with Gasteiger partial charge in [-0.05, 0) is 43.9 Å². The third kappa shape index (κ3) is 3.36. The van der Waals surface area contributed by atoms with Gasteiger partial charge in [0.05, 0.1) is 0 Å². The van der Waals surface area contributed by atoms with Crippen LogP contribution in [-0.4, -0.2) is 12.1 Å². The molecule has 0 saturated heterocycles. The van der Waals surface area contributed by atoms with Crippen molar-refractivity contribution < 1.29 is 9.53 Å². The Kier molecular flexibility index (Phi) is 4.57. The van der Waals surface area contributed by atoms with Crippen LogP contribution in [-0.2, 0) is 9.53 Å². The van der Waals surface area contributed by atoms with Crippen molar-refractivity contribution in [2.45, 2.75) is 53.1 Å². The topological polar surface area (TPSA) is 26.3 Å². The Hall–Kier alpha value is -0.790. The van der Waals surface area contributed by atoms with Crippen LogP contribution in [0, 0.1) is 17.8 Å². The molecule has 1 aliphatic carbocycles. The summed E-state index contributed by atoms with van der Waals surface area (Å²) in [5.74, 6) is 1.61. The standard InChI is InChI=1S/C14H24O2/c1-9(2)12-8-11(5)6-7-13(12)16-14(15)10(3)4/h9,11-13H,3,6-8H2,1-2,4-5H3. The minimum atomic E-state index is -0.231. The molecule has 0 radical (unpaired) electrons. The Balaban J connectivity index is 2.62. The Morgan fingerprint density at radius 2 is 2.00 bits per heavy atom. The average molecular weight is 224 g/mol. The van der Waals surface area contributed by atoms with Crippen LogP contribution in [0.5, 0.6) is 0 Å². The third-order valence-electron chi connectivity index (χ3n) is 3.56. The minimum Gasteiger partial charge on any atom is -0.459 e. The largest absolute Gasteiger partial charge is 0.459 e. The molecule has 0 heterocycles. The Bertz CT molecular complexity index is 268. The fourth-order valence-electron chi connectivity index (χ4n) is 2.48. The zero-order valence-electron chi connectivity index (χ0n) is 11.0. The summed E-state index contributed by atoms with van der Waals surface area (Å²) >= 11 is 0. The molecular weight excluding hydrogens is 200 g/mol. The molecule has 0 bridgehead atoms. The van der Waals surface area contributed by atoms with Gasteiger partial charge in [0.15, 0.2) is 0 Å². The van der Waals surface area contributed by atoms with E-state index in [9.17, 15) is 4.79 Å². The van der Waals surface area contributed by atoms with Gasteiger partial charge in [0.1, 0.15) is 6.10 Å². The van der Waals surface area contributed by atoms with E-state index in [4.69, 9.17) is 4.74 Å². The molecular formula is C14H24O2. The molecule has 2 nitrogen and oxygen atoms in total. The lowest BCUT2D eigenvalue weighted by Crippen LogP contribution is -2.35. The van der Waals surface area contributed by atoms with Crippen molar-refractivity contribution in [1.29, 1.82) is 0 Å². The number of hydrogen-bond donors (Lipinski definition) is 0. The molecule has 1 aliphatic rings. The fourth-order valence-corrected chi connectivity index (χ4v) is 2.48. The van der Waals surface area contributed by atoms with Gasteiger partial charge < -0.3 is 4.74 Å². The monoisotopic (exact) mass is 224 g/mol. The molecule has 0 spiro atoms. The summed E-state index contributed by atoms with van der Waals surface area (Å²) in [4.78, 5) is 11.5. The molecule has 2 heteroatoms. The fraction of sp³-hybridized carbons (Fsp3) is 0.786. The van der Waals surface area contributed by atoms with E-state index in [2.05, 4.69) is 27.4 Å². The summed E-state index contributed by atoms with van der Waals surface area (Å²) in [6.07, 6.45) is 3.44. The van der Waals surface area contributed by atoms with Crippen molar-refractivity contribution >= 4 is 5.97 Å². The Morgan fingerprint density at radius 1 is 1.38 bits per heavy atom. The summed E-state index contributed by atoms with van der Waals surface area (Å²) in [5.41, 5.74) is 0.501. The third-order valence-corrected chi connectivity index (χ3v) is 3.56. The molecule has 0 aromatic carbocycles. The molecule has 0 aromatic heterocycles. The van der Waals surface area contributed by atoms with Crippen LogP contribution >= 0.6 is 0 Å². The van der Waals surface area contributed by atoms with Crippen LogP contribution in [0.15, 0.2) is 12.2 Å². The summed E-state index contributed by atoms with van der Waals surface area (Å²) in [6, 6.07) is 0. The Morgan fingerprint density at radius 3 is 2.50 bits per heavy atom. The van der Waals surface area contributed by atoms with Crippen LogP contribution in [0.2, 0.25) is 0 Å². The van der Waals surface area contributed by atoms with E-state index in [1.165, 1.54) is 6.42 Å². The molecule has 16 heavy (non-hydrogen) atoms. The van der Waals surface area contributed by atoms with Gasteiger partial charge in [0, 0.05) is 5.57 Å². The second kappa shape index (κ2) is 5.51. The van der Waals surface area contributed by atoms with E-state index in [0.29, 0.717) is 17.4 Å². The first-order valence-corrected chi connectivity index (χ1v) is 6.28. The van der Waals surface area contributed by atoms with Crippen LogP contribution in [0.4, 0.5) is 0 Å². The SMILES string of the molecule is C=C(C)C(=O)OC1CCC(C)CC1C(C)C. The lowest BCUT2D eigenvalue weighted by molar-refractivity contribution is -0.150. The zero-order valence-corrected chi connectivity index (χ0v) is 11.0. The first kappa shape index (κ1) is 13.3. The van der Waals surface area contributed by atoms with Gasteiger partial charge in [-0.1, -0.05) is 27.4 Å². The highest BCUT2D eigenvalue weighted by Gasteiger charge is 2.33. The molecule has 3 unspecified atom stereocenters. The first-order valence-electron chi connectivity index (χ1n) is 6.28. The molecule has 3 atom stereocenters. The van der Waals surface area contributed by atoms with E-state index in [0.717, 1.165) is 18.8 Å². The number of esters is 1. The smallest absolute Gasteiger partial charge is 0.333 e. The molecule has 0 aliphatic heterocycles. The van der Waals surface area contributed by atoms with Gasteiger partial charge in [-0.3, -0.25) is 0 Å². The van der Waals surface area contributed by atoms with Crippen LogP contribution in [0.25, 0.3) is 0 Å². The highest BCUT2D eigenvalue weighted by Crippen LogP contribution is 2.35. The van der Waals surface area contributed by atoms with Crippen molar-refractivity contribution in [2.75, 3.05) is 0 Å². The number of carbonyl (C=O) groups excluding carboxylic acids is 1. The molecule has 1 rings (SSSR count). The van der Waals surface area contributed by atoms with E-state index in [-0.39, 0.29) is 12.1 Å². The van der Waals surface area contributed by atoms with Crippen molar-refractivity contribution in [3.05, 3.63) is 12.2 Å². The summed E-state index contributed by atoms with van der Waals surface area (Å²) < 4.78 is 5.54. The highest BCUT2D eigenvalue weighted by molar-refractivity contribution is 5.87. The number of hydrogen-bond acceptors (Lipinski definition) is 2. The number of ether oxygens (including phenoxy) is 1. The van der Waals surface area contributed by atoms with Gasteiger partial charge >= 0.3 is 5.97 Å². The van der Waals surface area contributed by atoms with Gasteiger partial charge in [0.25, 0.3) is 0 Å². The van der Waals surface area contributed by atoms with Crippen LogP contribution < -0.4 is 0 Å². The van der Waals surface area contributed by atoms with Crippen LogP contribution in [0.1, 0.15) is 47.0 Å². The Labute approximate surface area is 99.1 Å². The van der Waals surface area contributed by atoms with Gasteiger partial charge in [0.2, 0.25) is 0 Å². The minimum absolute atomic E-state index is 0.0976. The van der Waals surface area contributed by atoms with Crippen molar-refractivity contribution in [3.8, 4) is 0 Å². The number of rotatable bonds is 3. The maximum Gasteiger partial charge on any atom is 0.333 e. The zero-order chi connectivity index (χ0) is 12.3. The van der Waals surface area contributed by atoms with E-state index in [1.54, 1.807) is 6.92 Å². The van der Waals surface area contributed by atoms with Crippen molar-refractivity contribution in [3.63, 3.8) is 0 Å². The van der Waals surface area contributed by atoms with Gasteiger partial charge in [-0.2, -0.15) is 0 Å². The molecule has 0 aromatic rings. The van der Waals surface area contributed by atoms with E-state index >= 15 is 0 Å². The lowest BCUT2D eigenvalue weighted by atomic mass is 9.75. The summed E-state index contributed by atoms with van der Waals surface area (Å²) in [6.45, 7) is 12.0. The maximum atomic E-state index is 11.5. The van der Waals surface area contributed by atoms with Crippen molar-refractivity contribution in [1.82, 2.24) is 0 Å². The predicted octanol–water partition coefficient (Wildman–Crippen LogP) is 3.57. The van der Waals surface area contributed by atoms with Crippen LogP contribution in [0.3, 0.4) is 0 Å². The normalized spacial score (nSPS) is 30.2. The molecule has 1 saturated carbocycles. The van der Waals surface area contributed by atoms with E-state index in [1.807, 2.05) is 0 Å². The molecule has 0 amide bonds. The first-order chi connectivity index (χ1) is 7.41. The molecule has 0 N–H and O–H groups in total. The summed E-state index contributed by atoms with van der Waals surface area (Å²) in [7, 11) is 0. The predicted molar refractivity (Wildman–Crippen MR) is 66.0 cm³/mol. The maximum absolute atomic E-state index is 11.5.